The molecule has 1 aliphatic carbocycles. The van der Waals surface area contributed by atoms with Crippen LogP contribution in [0.25, 0.3) is 0 Å². The van der Waals surface area contributed by atoms with Gasteiger partial charge in [-0.05, 0) is 86.0 Å². The Morgan fingerprint density at radius 1 is 0.946 bits per heavy atom. The van der Waals surface area contributed by atoms with Crippen LogP contribution in [0.1, 0.15) is 64.9 Å². The van der Waals surface area contributed by atoms with E-state index in [4.69, 9.17) is 46.9 Å². The van der Waals surface area contributed by atoms with Crippen molar-refractivity contribution in [1.82, 2.24) is 4.90 Å². The Kier molecular flexibility index (Phi) is 12.3. The molecule has 11 nitrogen and oxygen atoms in total. The summed E-state index contributed by atoms with van der Waals surface area (Å²) >= 11 is 12.9. The van der Waals surface area contributed by atoms with Crippen molar-refractivity contribution in [2.75, 3.05) is 38.7 Å². The van der Waals surface area contributed by atoms with E-state index in [1.165, 1.54) is 37.4 Å². The maximum Gasteiger partial charge on any atom is 0.387 e. The zero-order chi connectivity index (χ0) is 39.3. The van der Waals surface area contributed by atoms with Gasteiger partial charge in [-0.2, -0.15) is 13.5 Å². The first-order valence-electron chi connectivity index (χ1n) is 18.5. The summed E-state index contributed by atoms with van der Waals surface area (Å²) in [5.74, 6) is -0.469. The summed E-state index contributed by atoms with van der Waals surface area (Å²) in [6, 6.07) is 17.2. The first kappa shape index (κ1) is 39.4. The van der Waals surface area contributed by atoms with Gasteiger partial charge >= 0.3 is 18.6 Å². The summed E-state index contributed by atoms with van der Waals surface area (Å²) < 4.78 is 55.6. The van der Waals surface area contributed by atoms with Crippen LogP contribution in [0.3, 0.4) is 0 Å². The third kappa shape index (κ3) is 9.74. The number of alkyl halides is 2. The fraction of sp³-hybridized carbons (Fsp3) is 0.390. The molecule has 15 heteroatoms. The minimum Gasteiger partial charge on any atom is -0.619 e. The number of nitrogens with zero attached hydrogens (tertiary/aromatic N) is 2. The Balaban J connectivity index is 1.18. The number of piperidine rings is 3. The van der Waals surface area contributed by atoms with E-state index < -0.39 is 30.7 Å². The first-order valence-corrected chi connectivity index (χ1v) is 19.2. The van der Waals surface area contributed by atoms with Gasteiger partial charge in [-0.25, -0.2) is 9.59 Å². The van der Waals surface area contributed by atoms with E-state index >= 15 is 0 Å². The molecule has 3 aliphatic heterocycles. The Labute approximate surface area is 332 Å². The highest BCUT2D eigenvalue weighted by atomic mass is 35.5. The molecular formula is C41H41Cl2F2N3O8. The van der Waals surface area contributed by atoms with Crippen molar-refractivity contribution in [3.05, 3.63) is 117 Å². The van der Waals surface area contributed by atoms with Crippen molar-refractivity contribution in [3.8, 4) is 17.2 Å². The van der Waals surface area contributed by atoms with Gasteiger partial charge in [0.25, 0.3) is 0 Å². The first-order chi connectivity index (χ1) is 27.0. The lowest BCUT2D eigenvalue weighted by Crippen LogP contribution is -2.52. The molecule has 4 aliphatic rings. The van der Waals surface area contributed by atoms with Gasteiger partial charge in [0, 0.05) is 30.3 Å². The molecular weight excluding hydrogens is 771 g/mol. The van der Waals surface area contributed by atoms with Gasteiger partial charge in [-0.15, -0.1) is 0 Å². The molecule has 4 fully saturated rings. The summed E-state index contributed by atoms with van der Waals surface area (Å²) in [6.45, 7) is -0.104. The van der Waals surface area contributed by atoms with Gasteiger partial charge in [0.15, 0.2) is 29.9 Å². The Morgan fingerprint density at radius 2 is 1.68 bits per heavy atom. The molecule has 8 rings (SSSR count). The second kappa shape index (κ2) is 17.5. The highest BCUT2D eigenvalue weighted by molar-refractivity contribution is 6.35. The van der Waals surface area contributed by atoms with Crippen LogP contribution in [0.5, 0.6) is 17.2 Å². The number of rotatable bonds is 16. The fourth-order valence-corrected chi connectivity index (χ4v) is 7.73. The second-order valence-corrected chi connectivity index (χ2v) is 15.1. The molecule has 4 aromatic rings. The Bertz CT molecular complexity index is 2010. The number of methoxy groups -OCH3 is 1. The lowest BCUT2D eigenvalue weighted by molar-refractivity contribution is -0.605. The molecule has 3 aromatic carbocycles. The van der Waals surface area contributed by atoms with Crippen molar-refractivity contribution in [2.45, 2.75) is 57.0 Å². The number of aromatic nitrogens is 1. The summed E-state index contributed by atoms with van der Waals surface area (Å²) in [5.41, 5.74) is 1.79. The van der Waals surface area contributed by atoms with E-state index in [0.29, 0.717) is 57.8 Å². The summed E-state index contributed by atoms with van der Waals surface area (Å²) in [6.07, 6.45) is 4.69. The number of nitrogens with one attached hydrogen (secondary N) is 1. The largest absolute Gasteiger partial charge is 0.619 e. The molecule has 2 bridgehead atoms. The third-order valence-electron chi connectivity index (χ3n) is 10.3. The summed E-state index contributed by atoms with van der Waals surface area (Å²) in [7, 11) is 1.45. The summed E-state index contributed by atoms with van der Waals surface area (Å²) in [4.78, 5) is 30.3. The minimum atomic E-state index is -3.10. The van der Waals surface area contributed by atoms with E-state index in [0.717, 1.165) is 51.2 Å². The van der Waals surface area contributed by atoms with Crippen LogP contribution in [-0.4, -0.2) is 62.9 Å². The van der Waals surface area contributed by atoms with Crippen molar-refractivity contribution in [1.29, 1.82) is 0 Å². The molecule has 4 heterocycles. The molecule has 2 unspecified atom stereocenters. The van der Waals surface area contributed by atoms with Crippen LogP contribution < -0.4 is 24.3 Å². The number of carbonyl (C=O) groups excluding carboxylic acids is 2. The van der Waals surface area contributed by atoms with E-state index in [1.807, 2.05) is 30.3 Å². The number of carbonyl (C=O) groups is 2. The van der Waals surface area contributed by atoms with Crippen molar-refractivity contribution in [3.63, 3.8) is 0 Å². The van der Waals surface area contributed by atoms with Crippen molar-refractivity contribution >= 4 is 40.8 Å². The van der Waals surface area contributed by atoms with Crippen LogP contribution >= 0.6 is 23.2 Å². The fourth-order valence-electron chi connectivity index (χ4n) is 7.13. The number of hydrogen-bond donors (Lipinski definition) is 1. The molecule has 1 aromatic heterocycles. The average molecular weight is 813 g/mol. The third-order valence-corrected chi connectivity index (χ3v) is 11.0. The second-order valence-electron chi connectivity index (χ2n) is 14.3. The van der Waals surface area contributed by atoms with E-state index in [-0.39, 0.29) is 39.6 Å². The normalized spacial score (nSPS) is 19.9. The molecule has 1 saturated carbocycles. The average Bonchev–Trinajstić information content (AvgIpc) is 4.02. The minimum absolute atomic E-state index is 0.0290. The number of halogens is 4. The number of hydrogen-bond acceptors (Lipinski definition) is 10. The number of anilines is 1. The van der Waals surface area contributed by atoms with Gasteiger partial charge < -0.3 is 34.2 Å². The van der Waals surface area contributed by atoms with Crippen LogP contribution in [0, 0.1) is 17.0 Å². The number of pyridine rings is 1. The maximum atomic E-state index is 14.1. The van der Waals surface area contributed by atoms with Crippen LogP contribution in [0.4, 0.5) is 14.5 Å². The SMILES string of the molecule is COc1cc(NC(C(=O)O[C@H]2CN3CCC2CC3)c2ccccc2)cc(C(=O)OC(Cc2c(Cl)c[n+]([O-])cc2Cl)c2ccc(OC(F)F)c(OCC3CC3)c2)c1. The van der Waals surface area contributed by atoms with Gasteiger partial charge in [-0.3, -0.25) is 4.90 Å². The number of esters is 2. The van der Waals surface area contributed by atoms with Crippen LogP contribution in [0.15, 0.2) is 79.1 Å². The zero-order valence-corrected chi connectivity index (χ0v) is 32.0. The molecule has 3 atom stereocenters. The van der Waals surface area contributed by atoms with Gasteiger partial charge in [0.1, 0.15) is 28.0 Å². The highest BCUT2D eigenvalue weighted by Crippen LogP contribution is 2.39. The molecule has 3 saturated heterocycles. The monoisotopic (exact) mass is 811 g/mol. The molecule has 1 N–H and O–H groups in total. The number of benzene rings is 3. The lowest BCUT2D eigenvalue weighted by Gasteiger charge is -2.44. The van der Waals surface area contributed by atoms with Gasteiger partial charge in [-0.1, -0.05) is 59.6 Å². The Hall–Kier alpha value is -4.85. The predicted molar refractivity (Wildman–Crippen MR) is 203 cm³/mol. The standard InChI is InChI=1S/C41H41Cl2F2N3O8/c1-52-30-16-28(15-29(18-30)46-38(26-5-3-2-4-6-26)40(50)55-37-22-47-13-11-25(37)12-14-47)39(49)54-35(19-31-32(42)20-48(51)21-33(31)43)27-9-10-34(56-41(44)45)36(17-27)53-23-24-7-8-24/h2-6,9-10,15-18,20-21,24-25,35,37-38,41,46H,7-8,11-14,19,22-23H2,1H3/t35?,37-,38?/m0/s1. The lowest BCUT2D eigenvalue weighted by atomic mass is 9.86. The topological polar surface area (TPSA) is 123 Å². The van der Waals surface area contributed by atoms with E-state index in [2.05, 4.69) is 10.2 Å². The molecule has 0 radical (unpaired) electrons. The molecule has 0 spiro atoms. The van der Waals surface area contributed by atoms with E-state index in [9.17, 15) is 23.6 Å². The highest BCUT2D eigenvalue weighted by Gasteiger charge is 2.38. The predicted octanol–water partition coefficient (Wildman–Crippen LogP) is 7.96. The Morgan fingerprint density at radius 3 is 2.32 bits per heavy atom. The maximum absolute atomic E-state index is 14.1. The zero-order valence-electron chi connectivity index (χ0n) is 30.5. The molecule has 56 heavy (non-hydrogen) atoms. The van der Waals surface area contributed by atoms with Crippen molar-refractivity contribution < 1.29 is 46.8 Å². The quantitative estimate of drug-likeness (QED) is 0.0678. The summed E-state index contributed by atoms with van der Waals surface area (Å²) in [5, 5.41) is 15.4. The van der Waals surface area contributed by atoms with Crippen LogP contribution in [0.2, 0.25) is 10.0 Å². The van der Waals surface area contributed by atoms with Crippen LogP contribution in [-0.2, 0) is 20.7 Å². The smallest absolute Gasteiger partial charge is 0.387 e. The van der Waals surface area contributed by atoms with E-state index in [1.54, 1.807) is 6.07 Å². The number of ether oxygens (including phenoxy) is 5. The van der Waals surface area contributed by atoms with Gasteiger partial charge in [0.2, 0.25) is 0 Å². The van der Waals surface area contributed by atoms with Gasteiger partial charge in [0.05, 0.1) is 19.3 Å². The van der Waals surface area contributed by atoms with Crippen molar-refractivity contribution in [2.24, 2.45) is 11.8 Å². The number of fused-ring (bicyclic) bond motifs is 3. The molecule has 296 valence electrons. The molecule has 0 amide bonds.